The Bertz CT molecular complexity index is 292. The van der Waals surface area contributed by atoms with Crippen LogP contribution in [0.3, 0.4) is 0 Å². The van der Waals surface area contributed by atoms with Crippen LogP contribution in [0.2, 0.25) is 0 Å². The smallest absolute Gasteiger partial charge is 0.236 e. The maximum Gasteiger partial charge on any atom is 0.236 e. The van der Waals surface area contributed by atoms with Gasteiger partial charge in [-0.2, -0.15) is 4.31 Å². The molecule has 0 saturated carbocycles. The van der Waals surface area contributed by atoms with Crippen molar-refractivity contribution in [2.24, 2.45) is 0 Å². The van der Waals surface area contributed by atoms with Crippen molar-refractivity contribution in [1.82, 2.24) is 4.31 Å². The first-order valence-electron chi connectivity index (χ1n) is 5.41. The lowest BCUT2D eigenvalue weighted by molar-refractivity contribution is 0.0735. The molecule has 88 valence electrons. The minimum atomic E-state index is -3.19. The van der Waals surface area contributed by atoms with Gasteiger partial charge in [-0.05, 0) is 6.42 Å². The van der Waals surface area contributed by atoms with E-state index >= 15 is 0 Å². The molecule has 0 aromatic carbocycles. The van der Waals surface area contributed by atoms with Crippen molar-refractivity contribution >= 4 is 10.0 Å². The Labute approximate surface area is 92.0 Å². The molecule has 1 aliphatic rings. The lowest BCUT2D eigenvalue weighted by Crippen LogP contribution is -2.39. The summed E-state index contributed by atoms with van der Waals surface area (Å²) >= 11 is 0. The first-order chi connectivity index (χ1) is 7.17. The van der Waals surface area contributed by atoms with Crippen molar-refractivity contribution in [3.8, 4) is 0 Å². The van der Waals surface area contributed by atoms with Crippen molar-refractivity contribution in [1.29, 1.82) is 0 Å². The van der Waals surface area contributed by atoms with Gasteiger partial charge in [0.1, 0.15) is 0 Å². The molecule has 0 unspecified atom stereocenters. The largest absolute Gasteiger partial charge is 0.379 e. The average molecular weight is 233 g/mol. The molecule has 1 fully saturated rings. The number of unbranched alkanes of at least 4 members (excludes halogenated alkanes) is 2. The van der Waals surface area contributed by atoms with Crippen molar-refractivity contribution in [3.63, 3.8) is 0 Å². The maximum absolute atomic E-state index is 11.7. The van der Waals surface area contributed by atoms with Gasteiger partial charge in [0, 0.05) is 18.5 Å². The van der Waals surface area contributed by atoms with E-state index in [1.54, 1.807) is 6.08 Å². The molecule has 15 heavy (non-hydrogen) atoms. The Balaban J connectivity index is 2.46. The predicted molar refractivity (Wildman–Crippen MR) is 60.0 cm³/mol. The molecule has 0 aromatic heterocycles. The molecular formula is C10H19NO3S. The van der Waals surface area contributed by atoms with Gasteiger partial charge in [-0.1, -0.05) is 25.8 Å². The second kappa shape index (κ2) is 6.25. The Morgan fingerprint density at radius 2 is 2.00 bits per heavy atom. The van der Waals surface area contributed by atoms with Crippen molar-refractivity contribution in [3.05, 3.63) is 11.5 Å². The molecule has 0 bridgehead atoms. The number of morpholine rings is 1. The zero-order chi connectivity index (χ0) is 11.1. The van der Waals surface area contributed by atoms with E-state index in [4.69, 9.17) is 4.74 Å². The van der Waals surface area contributed by atoms with E-state index in [9.17, 15) is 8.42 Å². The highest BCUT2D eigenvalue weighted by atomic mass is 32.2. The molecule has 1 saturated heterocycles. The van der Waals surface area contributed by atoms with Crippen molar-refractivity contribution < 1.29 is 13.2 Å². The van der Waals surface area contributed by atoms with Crippen LogP contribution >= 0.6 is 0 Å². The molecule has 5 heteroatoms. The highest BCUT2D eigenvalue weighted by Gasteiger charge is 2.21. The van der Waals surface area contributed by atoms with Crippen molar-refractivity contribution in [2.75, 3.05) is 26.3 Å². The van der Waals surface area contributed by atoms with Gasteiger partial charge >= 0.3 is 0 Å². The first-order valence-corrected chi connectivity index (χ1v) is 6.91. The quantitative estimate of drug-likeness (QED) is 0.673. The molecule has 0 radical (unpaired) electrons. The molecule has 0 aliphatic carbocycles. The summed E-state index contributed by atoms with van der Waals surface area (Å²) in [6.07, 6.45) is 4.70. The van der Waals surface area contributed by atoms with Crippen LogP contribution in [0.5, 0.6) is 0 Å². The minimum absolute atomic E-state index is 0.473. The number of hydrogen-bond donors (Lipinski definition) is 0. The Kier molecular flexibility index (Phi) is 5.28. The first kappa shape index (κ1) is 12.7. The summed E-state index contributed by atoms with van der Waals surface area (Å²) in [5.41, 5.74) is 0. The van der Waals surface area contributed by atoms with E-state index in [1.807, 2.05) is 0 Å². The number of ether oxygens (including phenoxy) is 1. The molecule has 1 aliphatic heterocycles. The van der Waals surface area contributed by atoms with Gasteiger partial charge in [-0.25, -0.2) is 8.42 Å². The van der Waals surface area contributed by atoms with Crippen LogP contribution in [-0.4, -0.2) is 39.0 Å². The molecule has 0 amide bonds. The Morgan fingerprint density at radius 3 is 2.60 bits per heavy atom. The number of sulfonamides is 1. The molecule has 1 rings (SSSR count). The van der Waals surface area contributed by atoms with E-state index < -0.39 is 10.0 Å². The van der Waals surface area contributed by atoms with E-state index in [0.717, 1.165) is 19.3 Å². The normalized spacial score (nSPS) is 19.8. The average Bonchev–Trinajstić information content (AvgIpc) is 2.26. The van der Waals surface area contributed by atoms with Gasteiger partial charge in [0.05, 0.1) is 13.2 Å². The van der Waals surface area contributed by atoms with E-state index in [0.29, 0.717) is 26.3 Å². The molecule has 0 atom stereocenters. The fourth-order valence-electron chi connectivity index (χ4n) is 1.40. The molecular weight excluding hydrogens is 214 g/mol. The summed E-state index contributed by atoms with van der Waals surface area (Å²) in [6, 6.07) is 0. The van der Waals surface area contributed by atoms with Crippen LogP contribution in [-0.2, 0) is 14.8 Å². The van der Waals surface area contributed by atoms with Crippen LogP contribution in [0.25, 0.3) is 0 Å². The topological polar surface area (TPSA) is 46.6 Å². The molecule has 4 nitrogen and oxygen atoms in total. The summed E-state index contributed by atoms with van der Waals surface area (Å²) in [5, 5.41) is 1.33. The number of hydrogen-bond acceptors (Lipinski definition) is 3. The van der Waals surface area contributed by atoms with Gasteiger partial charge in [0.15, 0.2) is 0 Å². The van der Waals surface area contributed by atoms with E-state index in [1.165, 1.54) is 9.71 Å². The summed E-state index contributed by atoms with van der Waals surface area (Å²) in [5.74, 6) is 0. The van der Waals surface area contributed by atoms with Gasteiger partial charge in [0.25, 0.3) is 0 Å². The zero-order valence-electron chi connectivity index (χ0n) is 9.18. The lowest BCUT2D eigenvalue weighted by Gasteiger charge is -2.24. The third-order valence-electron chi connectivity index (χ3n) is 2.32. The van der Waals surface area contributed by atoms with Crippen LogP contribution in [0, 0.1) is 0 Å². The Hall–Kier alpha value is -0.390. The maximum atomic E-state index is 11.7. The van der Waals surface area contributed by atoms with Crippen molar-refractivity contribution in [2.45, 2.75) is 26.2 Å². The zero-order valence-corrected chi connectivity index (χ0v) is 10.0. The summed E-state index contributed by atoms with van der Waals surface area (Å²) < 4.78 is 30.0. The van der Waals surface area contributed by atoms with Crippen LogP contribution in [0.15, 0.2) is 11.5 Å². The summed E-state index contributed by atoms with van der Waals surface area (Å²) in [7, 11) is -3.19. The third kappa shape index (κ3) is 4.32. The molecule has 0 spiro atoms. The monoisotopic (exact) mass is 233 g/mol. The van der Waals surface area contributed by atoms with E-state index in [2.05, 4.69) is 6.92 Å². The van der Waals surface area contributed by atoms with Gasteiger partial charge in [0.2, 0.25) is 10.0 Å². The predicted octanol–water partition coefficient (Wildman–Crippen LogP) is 1.35. The Morgan fingerprint density at radius 1 is 1.33 bits per heavy atom. The molecule has 0 N–H and O–H groups in total. The van der Waals surface area contributed by atoms with Crippen LogP contribution < -0.4 is 0 Å². The standard InChI is InChI=1S/C10H19NO3S/c1-2-3-4-5-10-15(12,13)11-6-8-14-9-7-11/h5,10H,2-4,6-9H2,1H3/b10-5+. The highest BCUT2D eigenvalue weighted by molar-refractivity contribution is 7.92. The molecule has 1 heterocycles. The number of nitrogens with zero attached hydrogens (tertiary/aromatic N) is 1. The minimum Gasteiger partial charge on any atom is -0.379 e. The fraction of sp³-hybridized carbons (Fsp3) is 0.800. The van der Waals surface area contributed by atoms with E-state index in [-0.39, 0.29) is 0 Å². The SMILES string of the molecule is CCCC/C=C/S(=O)(=O)N1CCOCC1. The van der Waals surface area contributed by atoms with Gasteiger partial charge in [-0.15, -0.1) is 0 Å². The lowest BCUT2D eigenvalue weighted by atomic mass is 10.2. The summed E-state index contributed by atoms with van der Waals surface area (Å²) in [6.45, 7) is 4.04. The number of rotatable bonds is 5. The fourth-order valence-corrected chi connectivity index (χ4v) is 2.61. The third-order valence-corrected chi connectivity index (χ3v) is 3.94. The highest BCUT2D eigenvalue weighted by Crippen LogP contribution is 2.07. The van der Waals surface area contributed by atoms with Gasteiger partial charge < -0.3 is 4.74 Å². The second-order valence-corrected chi connectivity index (χ2v) is 5.39. The second-order valence-electron chi connectivity index (χ2n) is 3.57. The van der Waals surface area contributed by atoms with Crippen LogP contribution in [0.4, 0.5) is 0 Å². The van der Waals surface area contributed by atoms with Crippen LogP contribution in [0.1, 0.15) is 26.2 Å². The number of allylic oxidation sites excluding steroid dienone is 1. The van der Waals surface area contributed by atoms with Gasteiger partial charge in [-0.3, -0.25) is 0 Å². The summed E-state index contributed by atoms with van der Waals surface area (Å²) in [4.78, 5) is 0. The molecule has 0 aromatic rings.